The monoisotopic (exact) mass is 346 g/mol. The molecule has 2 heterocycles. The number of hydrogen-bond acceptors (Lipinski definition) is 5. The topological polar surface area (TPSA) is 91.9 Å². The number of nitrogens with one attached hydrogen (secondary N) is 1. The second-order valence-corrected chi connectivity index (χ2v) is 5.97. The van der Waals surface area contributed by atoms with Crippen molar-refractivity contribution >= 4 is 23.7 Å². The SMILES string of the molecule is Cc1cc(O)ccc1N=Cc1ccc(-c2ccc3c(c2)C(=O)NC3=O)o1. The van der Waals surface area contributed by atoms with Crippen LogP contribution in [0.15, 0.2) is 57.9 Å². The quantitative estimate of drug-likeness (QED) is 0.560. The lowest BCUT2D eigenvalue weighted by molar-refractivity contribution is 0.0879. The fourth-order valence-electron chi connectivity index (χ4n) is 2.82. The van der Waals surface area contributed by atoms with Crippen molar-refractivity contribution in [1.29, 1.82) is 0 Å². The van der Waals surface area contributed by atoms with Gasteiger partial charge in [0.2, 0.25) is 0 Å². The zero-order valence-electron chi connectivity index (χ0n) is 13.8. The molecule has 128 valence electrons. The van der Waals surface area contributed by atoms with E-state index in [9.17, 15) is 14.7 Å². The minimum Gasteiger partial charge on any atom is -0.508 e. The van der Waals surface area contributed by atoms with Gasteiger partial charge in [0, 0.05) is 5.56 Å². The molecular weight excluding hydrogens is 332 g/mol. The van der Waals surface area contributed by atoms with Crippen LogP contribution in [0, 0.1) is 6.92 Å². The van der Waals surface area contributed by atoms with Gasteiger partial charge in [0.15, 0.2) is 0 Å². The van der Waals surface area contributed by atoms with Gasteiger partial charge in [-0.2, -0.15) is 0 Å². The number of furan rings is 1. The zero-order chi connectivity index (χ0) is 18.3. The van der Waals surface area contributed by atoms with Gasteiger partial charge in [-0.25, -0.2) is 0 Å². The number of benzene rings is 2. The maximum absolute atomic E-state index is 11.8. The third-order valence-corrected chi connectivity index (χ3v) is 4.16. The largest absolute Gasteiger partial charge is 0.508 e. The second kappa shape index (κ2) is 6.00. The summed E-state index contributed by atoms with van der Waals surface area (Å²) >= 11 is 0. The van der Waals surface area contributed by atoms with E-state index in [0.717, 1.165) is 11.3 Å². The highest BCUT2D eigenvalue weighted by Crippen LogP contribution is 2.27. The summed E-state index contributed by atoms with van der Waals surface area (Å²) in [5, 5.41) is 11.7. The van der Waals surface area contributed by atoms with E-state index < -0.39 is 5.91 Å². The Morgan fingerprint density at radius 2 is 1.81 bits per heavy atom. The molecule has 4 rings (SSSR count). The molecule has 0 saturated heterocycles. The molecule has 0 saturated carbocycles. The van der Waals surface area contributed by atoms with Crippen molar-refractivity contribution in [2.75, 3.05) is 0 Å². The maximum Gasteiger partial charge on any atom is 0.258 e. The van der Waals surface area contributed by atoms with Crippen molar-refractivity contribution in [3.8, 4) is 17.1 Å². The molecule has 1 aromatic heterocycles. The first kappa shape index (κ1) is 15.8. The lowest BCUT2D eigenvalue weighted by atomic mass is 10.0. The Morgan fingerprint density at radius 3 is 2.62 bits per heavy atom. The number of nitrogens with zero attached hydrogens (tertiary/aromatic N) is 1. The molecule has 6 heteroatoms. The van der Waals surface area contributed by atoms with Crippen LogP contribution in [0.2, 0.25) is 0 Å². The molecular formula is C20H14N2O4. The number of hydrogen-bond donors (Lipinski definition) is 2. The van der Waals surface area contributed by atoms with Crippen LogP contribution in [0.5, 0.6) is 5.75 Å². The number of fused-ring (bicyclic) bond motifs is 1. The summed E-state index contributed by atoms with van der Waals surface area (Å²) < 4.78 is 5.76. The number of imide groups is 1. The third kappa shape index (κ3) is 2.77. The Balaban J connectivity index is 1.61. The van der Waals surface area contributed by atoms with Gasteiger partial charge in [-0.1, -0.05) is 6.07 Å². The third-order valence-electron chi connectivity index (χ3n) is 4.16. The van der Waals surface area contributed by atoms with E-state index in [0.29, 0.717) is 28.2 Å². The van der Waals surface area contributed by atoms with Crippen molar-refractivity contribution in [3.05, 3.63) is 71.0 Å². The van der Waals surface area contributed by atoms with Crippen LogP contribution in [0.25, 0.3) is 11.3 Å². The molecule has 6 nitrogen and oxygen atoms in total. The van der Waals surface area contributed by atoms with Gasteiger partial charge in [-0.05, 0) is 55.0 Å². The van der Waals surface area contributed by atoms with Gasteiger partial charge in [-0.3, -0.25) is 19.9 Å². The van der Waals surface area contributed by atoms with E-state index in [-0.39, 0.29) is 11.7 Å². The molecule has 2 amide bonds. The van der Waals surface area contributed by atoms with Crippen LogP contribution in [0.3, 0.4) is 0 Å². The molecule has 0 bridgehead atoms. The number of phenolic OH excluding ortho intramolecular Hbond substituents is 1. The van der Waals surface area contributed by atoms with Gasteiger partial charge in [-0.15, -0.1) is 0 Å². The molecule has 2 N–H and O–H groups in total. The number of aliphatic imine (C=N–C) groups is 1. The molecule has 1 aliphatic heterocycles. The Kier molecular flexibility index (Phi) is 3.65. The van der Waals surface area contributed by atoms with Crippen LogP contribution in [-0.4, -0.2) is 23.1 Å². The highest BCUT2D eigenvalue weighted by atomic mass is 16.3. The van der Waals surface area contributed by atoms with Crippen LogP contribution in [0.1, 0.15) is 32.0 Å². The average Bonchev–Trinajstić information content (AvgIpc) is 3.19. The molecule has 0 radical (unpaired) electrons. The molecule has 0 atom stereocenters. The van der Waals surface area contributed by atoms with Gasteiger partial charge in [0.25, 0.3) is 11.8 Å². The van der Waals surface area contributed by atoms with E-state index >= 15 is 0 Å². The van der Waals surface area contributed by atoms with Gasteiger partial charge >= 0.3 is 0 Å². The lowest BCUT2D eigenvalue weighted by Gasteiger charge is -2.00. The van der Waals surface area contributed by atoms with Crippen molar-refractivity contribution in [1.82, 2.24) is 5.32 Å². The Hall–Kier alpha value is -3.67. The molecule has 0 spiro atoms. The summed E-state index contributed by atoms with van der Waals surface area (Å²) in [5.41, 5.74) is 3.00. The van der Waals surface area contributed by atoms with Crippen LogP contribution in [0.4, 0.5) is 5.69 Å². The number of aryl methyl sites for hydroxylation is 1. The normalized spacial score (nSPS) is 13.3. The first-order valence-electron chi connectivity index (χ1n) is 7.95. The van der Waals surface area contributed by atoms with Crippen molar-refractivity contribution in [3.63, 3.8) is 0 Å². The van der Waals surface area contributed by atoms with Crippen molar-refractivity contribution in [2.24, 2.45) is 4.99 Å². The first-order chi connectivity index (χ1) is 12.5. The van der Waals surface area contributed by atoms with Crippen molar-refractivity contribution in [2.45, 2.75) is 6.92 Å². The Morgan fingerprint density at radius 1 is 1.00 bits per heavy atom. The van der Waals surface area contributed by atoms with Crippen LogP contribution in [-0.2, 0) is 0 Å². The van der Waals surface area contributed by atoms with Gasteiger partial charge in [0.1, 0.15) is 17.3 Å². The van der Waals surface area contributed by atoms with Crippen LogP contribution >= 0.6 is 0 Å². The number of aromatic hydroxyl groups is 1. The molecule has 3 aromatic rings. The molecule has 0 unspecified atom stereocenters. The smallest absolute Gasteiger partial charge is 0.258 e. The predicted molar refractivity (Wildman–Crippen MR) is 96.0 cm³/mol. The number of phenols is 1. The van der Waals surface area contributed by atoms with E-state index in [4.69, 9.17) is 4.42 Å². The average molecular weight is 346 g/mol. The second-order valence-electron chi connectivity index (χ2n) is 5.97. The van der Waals surface area contributed by atoms with Crippen molar-refractivity contribution < 1.29 is 19.1 Å². The summed E-state index contributed by atoms with van der Waals surface area (Å²) in [7, 11) is 0. The molecule has 26 heavy (non-hydrogen) atoms. The van der Waals surface area contributed by atoms with Gasteiger partial charge in [0.05, 0.1) is 23.0 Å². The van der Waals surface area contributed by atoms with E-state index in [1.54, 1.807) is 54.7 Å². The minimum absolute atomic E-state index is 0.195. The van der Waals surface area contributed by atoms with Gasteiger partial charge < -0.3 is 9.52 Å². The number of carbonyl (C=O) groups excluding carboxylic acids is 2. The summed E-state index contributed by atoms with van der Waals surface area (Å²) in [6, 6.07) is 13.5. The number of carbonyl (C=O) groups is 2. The van der Waals surface area contributed by atoms with E-state index in [1.165, 1.54) is 0 Å². The Bertz CT molecular complexity index is 1080. The van der Waals surface area contributed by atoms with E-state index in [1.807, 2.05) is 6.92 Å². The first-order valence-corrected chi connectivity index (χ1v) is 7.95. The standard InChI is InChI=1S/C20H14N2O4/c1-11-8-13(23)3-6-17(11)21-10-14-4-7-18(26-14)12-2-5-15-16(9-12)20(25)22-19(15)24/h2-10,23H,1H3,(H,22,24,25). The Labute approximate surface area is 148 Å². The molecule has 0 fully saturated rings. The predicted octanol–water partition coefficient (Wildman–Crippen LogP) is 3.59. The lowest BCUT2D eigenvalue weighted by Crippen LogP contribution is -2.19. The molecule has 0 aliphatic carbocycles. The minimum atomic E-state index is -0.400. The summed E-state index contributed by atoms with van der Waals surface area (Å²) in [4.78, 5) is 27.8. The maximum atomic E-state index is 11.8. The highest BCUT2D eigenvalue weighted by Gasteiger charge is 2.27. The fraction of sp³-hybridized carbons (Fsp3) is 0.0500. The summed E-state index contributed by atoms with van der Waals surface area (Å²) in [6.45, 7) is 1.86. The van der Waals surface area contributed by atoms with E-state index in [2.05, 4.69) is 10.3 Å². The number of amides is 2. The molecule has 2 aromatic carbocycles. The fourth-order valence-corrected chi connectivity index (χ4v) is 2.82. The zero-order valence-corrected chi connectivity index (χ0v) is 13.8. The number of rotatable bonds is 3. The van der Waals surface area contributed by atoms with Crippen LogP contribution < -0.4 is 5.32 Å². The highest BCUT2D eigenvalue weighted by molar-refractivity contribution is 6.21. The molecule has 1 aliphatic rings. The summed E-state index contributed by atoms with van der Waals surface area (Å²) in [6.07, 6.45) is 1.59. The summed E-state index contributed by atoms with van der Waals surface area (Å²) in [5.74, 6) is 0.536.